The first-order chi connectivity index (χ1) is 12.9. The van der Waals surface area contributed by atoms with Crippen molar-refractivity contribution >= 4 is 32.4 Å². The third-order valence-corrected chi connectivity index (χ3v) is 6.53. The first kappa shape index (κ1) is 17.8. The van der Waals surface area contributed by atoms with Crippen molar-refractivity contribution in [2.75, 3.05) is 18.1 Å². The number of rotatable bonds is 4. The van der Waals surface area contributed by atoms with Gasteiger partial charge in [0.05, 0.1) is 17.6 Å². The summed E-state index contributed by atoms with van der Waals surface area (Å²) in [6.07, 6.45) is 1.74. The van der Waals surface area contributed by atoms with Crippen LogP contribution in [0.1, 0.15) is 21.1 Å². The van der Waals surface area contributed by atoms with Crippen molar-refractivity contribution in [3.8, 4) is 11.3 Å². The molecule has 0 spiro atoms. The van der Waals surface area contributed by atoms with E-state index >= 15 is 0 Å². The van der Waals surface area contributed by atoms with E-state index in [0.29, 0.717) is 36.0 Å². The Bertz CT molecular complexity index is 1090. The topological polar surface area (TPSA) is 108 Å². The Morgan fingerprint density at radius 3 is 2.81 bits per heavy atom. The Labute approximate surface area is 160 Å². The van der Waals surface area contributed by atoms with Crippen molar-refractivity contribution in [1.82, 2.24) is 19.5 Å². The second-order valence-corrected chi connectivity index (χ2v) is 9.29. The molecule has 3 aromatic rings. The first-order valence-electron chi connectivity index (χ1n) is 8.26. The number of nitrogens with zero attached hydrogens (tertiary/aromatic N) is 3. The van der Waals surface area contributed by atoms with E-state index in [9.17, 15) is 13.2 Å². The number of hydrogen-bond acceptors (Lipinski definition) is 6. The molecule has 1 aromatic carbocycles. The predicted molar refractivity (Wildman–Crippen MR) is 103 cm³/mol. The molecule has 140 valence electrons. The van der Waals surface area contributed by atoms with Crippen LogP contribution in [0.2, 0.25) is 0 Å². The number of carbonyl (C=O) groups excluding carboxylic acids is 1. The molecule has 4 rings (SSSR count). The number of amides is 1. The second-order valence-electron chi connectivity index (χ2n) is 6.22. The van der Waals surface area contributed by atoms with Gasteiger partial charge in [0.1, 0.15) is 5.69 Å². The molecule has 1 aliphatic heterocycles. The van der Waals surface area contributed by atoms with Crippen molar-refractivity contribution in [2.24, 2.45) is 0 Å². The van der Waals surface area contributed by atoms with Gasteiger partial charge in [0.25, 0.3) is 5.91 Å². The number of anilines is 1. The molecule has 10 heteroatoms. The summed E-state index contributed by atoms with van der Waals surface area (Å²) >= 11 is 1.30. The van der Waals surface area contributed by atoms with E-state index in [1.165, 1.54) is 21.9 Å². The van der Waals surface area contributed by atoms with Gasteiger partial charge in [-0.1, -0.05) is 30.3 Å². The fourth-order valence-electron chi connectivity index (χ4n) is 2.87. The van der Waals surface area contributed by atoms with Gasteiger partial charge in [-0.2, -0.15) is 9.40 Å². The van der Waals surface area contributed by atoms with Gasteiger partial charge in [-0.3, -0.25) is 15.2 Å². The van der Waals surface area contributed by atoms with Gasteiger partial charge in [-0.25, -0.2) is 13.4 Å². The van der Waals surface area contributed by atoms with Gasteiger partial charge in [0, 0.05) is 30.0 Å². The molecule has 0 radical (unpaired) electrons. The number of fused-ring (bicyclic) bond motifs is 1. The lowest BCUT2D eigenvalue weighted by Gasteiger charge is -2.23. The Morgan fingerprint density at radius 2 is 2.07 bits per heavy atom. The van der Waals surface area contributed by atoms with Crippen molar-refractivity contribution < 1.29 is 13.2 Å². The van der Waals surface area contributed by atoms with E-state index in [0.717, 1.165) is 16.1 Å². The van der Waals surface area contributed by atoms with Crippen LogP contribution in [-0.4, -0.2) is 46.6 Å². The molecule has 2 N–H and O–H groups in total. The van der Waals surface area contributed by atoms with Gasteiger partial charge < -0.3 is 0 Å². The zero-order valence-electron chi connectivity index (χ0n) is 14.5. The van der Waals surface area contributed by atoms with Gasteiger partial charge in [-0.15, -0.1) is 11.3 Å². The molecule has 0 atom stereocenters. The number of carbonyl (C=O) groups is 1. The SMILES string of the molecule is CS(=O)(=O)N1CCc2nc(NC(=O)c3cc(-c4ccccc4)n[nH]3)sc2C1. The van der Waals surface area contributed by atoms with Crippen LogP contribution in [0.3, 0.4) is 0 Å². The summed E-state index contributed by atoms with van der Waals surface area (Å²) in [5, 5.41) is 10.1. The monoisotopic (exact) mass is 403 g/mol. The molecule has 2 aromatic heterocycles. The van der Waals surface area contributed by atoms with E-state index in [2.05, 4.69) is 20.5 Å². The number of benzene rings is 1. The fourth-order valence-corrected chi connectivity index (χ4v) is 4.75. The van der Waals surface area contributed by atoms with Gasteiger partial charge in [-0.05, 0) is 6.07 Å². The van der Waals surface area contributed by atoms with E-state index in [1.807, 2.05) is 30.3 Å². The smallest absolute Gasteiger partial charge is 0.275 e. The quantitative estimate of drug-likeness (QED) is 0.694. The number of thiazole rings is 1. The van der Waals surface area contributed by atoms with Crippen LogP contribution in [0.25, 0.3) is 11.3 Å². The fraction of sp³-hybridized carbons (Fsp3) is 0.235. The molecule has 1 amide bonds. The van der Waals surface area contributed by atoms with Crippen molar-refractivity contribution in [3.63, 3.8) is 0 Å². The van der Waals surface area contributed by atoms with E-state index in [1.54, 1.807) is 6.07 Å². The first-order valence-corrected chi connectivity index (χ1v) is 10.9. The summed E-state index contributed by atoms with van der Waals surface area (Å²) in [4.78, 5) is 17.8. The Morgan fingerprint density at radius 1 is 1.30 bits per heavy atom. The number of aromatic nitrogens is 3. The Hall–Kier alpha value is -2.56. The highest BCUT2D eigenvalue weighted by Crippen LogP contribution is 2.29. The molecule has 3 heterocycles. The van der Waals surface area contributed by atoms with Crippen LogP contribution in [0.5, 0.6) is 0 Å². The maximum Gasteiger partial charge on any atom is 0.275 e. The summed E-state index contributed by atoms with van der Waals surface area (Å²) in [6, 6.07) is 11.2. The summed E-state index contributed by atoms with van der Waals surface area (Å²) in [5.74, 6) is -0.337. The minimum atomic E-state index is -3.24. The molecule has 0 saturated carbocycles. The van der Waals surface area contributed by atoms with Crippen LogP contribution in [0, 0.1) is 0 Å². The number of hydrogen-bond donors (Lipinski definition) is 2. The van der Waals surface area contributed by atoms with Gasteiger partial charge >= 0.3 is 0 Å². The van der Waals surface area contributed by atoms with Crippen LogP contribution in [0.15, 0.2) is 36.4 Å². The maximum absolute atomic E-state index is 12.5. The molecular formula is C17H17N5O3S2. The van der Waals surface area contributed by atoms with E-state index in [-0.39, 0.29) is 5.91 Å². The van der Waals surface area contributed by atoms with E-state index < -0.39 is 10.0 Å². The molecule has 0 unspecified atom stereocenters. The number of H-pyrrole nitrogens is 1. The average Bonchev–Trinajstić information content (AvgIpc) is 3.27. The van der Waals surface area contributed by atoms with Crippen molar-refractivity contribution in [3.05, 3.63) is 52.7 Å². The van der Waals surface area contributed by atoms with Crippen LogP contribution in [0.4, 0.5) is 5.13 Å². The third-order valence-electron chi connectivity index (χ3n) is 4.28. The summed E-state index contributed by atoms with van der Waals surface area (Å²) in [7, 11) is -3.24. The summed E-state index contributed by atoms with van der Waals surface area (Å²) in [5.41, 5.74) is 2.77. The predicted octanol–water partition coefficient (Wildman–Crippen LogP) is 2.10. The lowest BCUT2D eigenvalue weighted by atomic mass is 10.1. The number of sulfonamides is 1. The number of aromatic amines is 1. The number of nitrogens with one attached hydrogen (secondary N) is 2. The highest BCUT2D eigenvalue weighted by Gasteiger charge is 2.26. The molecule has 0 bridgehead atoms. The standard InChI is InChI=1S/C17H17N5O3S2/c1-27(24,25)22-8-7-12-15(10-22)26-17(18-12)19-16(23)14-9-13(20-21-14)11-5-3-2-4-6-11/h2-6,9H,7-8,10H2,1H3,(H,20,21)(H,18,19,23). The van der Waals surface area contributed by atoms with Crippen LogP contribution < -0.4 is 5.32 Å². The molecule has 8 nitrogen and oxygen atoms in total. The normalized spacial score (nSPS) is 14.7. The molecule has 1 aliphatic rings. The zero-order chi connectivity index (χ0) is 19.0. The lowest BCUT2D eigenvalue weighted by Crippen LogP contribution is -2.34. The Balaban J connectivity index is 1.49. The molecule has 0 fully saturated rings. The largest absolute Gasteiger partial charge is 0.296 e. The summed E-state index contributed by atoms with van der Waals surface area (Å²) < 4.78 is 24.8. The lowest BCUT2D eigenvalue weighted by molar-refractivity contribution is 0.102. The molecular weight excluding hydrogens is 386 g/mol. The Kier molecular flexibility index (Phi) is 4.54. The second kappa shape index (κ2) is 6.87. The minimum absolute atomic E-state index is 0.296. The van der Waals surface area contributed by atoms with Crippen molar-refractivity contribution in [1.29, 1.82) is 0 Å². The average molecular weight is 403 g/mol. The minimum Gasteiger partial charge on any atom is -0.296 e. The van der Waals surface area contributed by atoms with E-state index in [4.69, 9.17) is 0 Å². The zero-order valence-corrected chi connectivity index (χ0v) is 16.1. The highest BCUT2D eigenvalue weighted by atomic mass is 32.2. The maximum atomic E-state index is 12.5. The summed E-state index contributed by atoms with van der Waals surface area (Å²) in [6.45, 7) is 0.702. The van der Waals surface area contributed by atoms with Gasteiger partial charge in [0.15, 0.2) is 5.13 Å². The van der Waals surface area contributed by atoms with Gasteiger partial charge in [0.2, 0.25) is 10.0 Å². The van der Waals surface area contributed by atoms with Crippen LogP contribution in [-0.2, 0) is 23.0 Å². The third kappa shape index (κ3) is 3.77. The molecule has 0 saturated heterocycles. The van der Waals surface area contributed by atoms with Crippen molar-refractivity contribution in [2.45, 2.75) is 13.0 Å². The highest BCUT2D eigenvalue weighted by molar-refractivity contribution is 7.88. The van der Waals surface area contributed by atoms with Crippen LogP contribution >= 0.6 is 11.3 Å². The molecule has 27 heavy (non-hydrogen) atoms. The molecule has 0 aliphatic carbocycles.